The van der Waals surface area contributed by atoms with E-state index in [-0.39, 0.29) is 31.9 Å². The average Bonchev–Trinajstić information content (AvgIpc) is 2.53. The highest BCUT2D eigenvalue weighted by atomic mass is 32.2. The maximum absolute atomic E-state index is 13.0. The Bertz CT molecular complexity index is 748. The van der Waals surface area contributed by atoms with Gasteiger partial charge in [0.05, 0.1) is 13.2 Å². The van der Waals surface area contributed by atoms with E-state index in [2.05, 4.69) is 0 Å². The van der Waals surface area contributed by atoms with Crippen LogP contribution in [0.5, 0.6) is 5.75 Å². The molecule has 5 nitrogen and oxygen atoms in total. The molecule has 2 aliphatic rings. The number of nitrogens with zero attached hydrogens (tertiary/aromatic N) is 1. The third-order valence-electron chi connectivity index (χ3n) is 4.84. The molecule has 0 saturated heterocycles. The highest BCUT2D eigenvalue weighted by Gasteiger charge is 2.53. The molecule has 134 valence electrons. The number of methoxy groups -OCH3 is 1. The Hall–Kier alpha value is -1.32. The first kappa shape index (κ1) is 17.5. The lowest BCUT2D eigenvalue weighted by molar-refractivity contribution is -0.0506. The van der Waals surface area contributed by atoms with Crippen LogP contribution < -0.4 is 4.74 Å². The molecule has 1 N–H and O–H groups in total. The number of ether oxygens (including phenoxy) is 1. The summed E-state index contributed by atoms with van der Waals surface area (Å²) in [7, 11) is -3.89. The number of rotatable bonds is 3. The molecular weight excluding hydrogens is 347 g/mol. The van der Waals surface area contributed by atoms with Crippen LogP contribution in [0.3, 0.4) is 0 Å². The molecule has 9 heteroatoms. The monoisotopic (exact) mass is 365 g/mol. The minimum atomic E-state index is -5.39. The number of benzene rings is 1. The van der Waals surface area contributed by atoms with Crippen molar-refractivity contribution in [2.24, 2.45) is 0 Å². The maximum atomic E-state index is 13.0. The van der Waals surface area contributed by atoms with E-state index >= 15 is 0 Å². The molecule has 1 heterocycles. The molecular formula is C15H18F3NO4S. The minimum Gasteiger partial charge on any atom is -0.497 e. The number of alkyl halides is 3. The van der Waals surface area contributed by atoms with E-state index in [1.807, 2.05) is 0 Å². The van der Waals surface area contributed by atoms with E-state index in [4.69, 9.17) is 4.74 Å². The lowest BCUT2D eigenvalue weighted by Crippen LogP contribution is -2.47. The van der Waals surface area contributed by atoms with Gasteiger partial charge in [-0.1, -0.05) is 0 Å². The van der Waals surface area contributed by atoms with Crippen LogP contribution >= 0.6 is 0 Å². The number of sulfonamides is 1. The average molecular weight is 365 g/mol. The smallest absolute Gasteiger partial charge is 0.497 e. The third-order valence-corrected chi connectivity index (χ3v) is 6.48. The van der Waals surface area contributed by atoms with Gasteiger partial charge in [-0.2, -0.15) is 17.5 Å². The summed E-state index contributed by atoms with van der Waals surface area (Å²) in [5, 5.41) is 9.57. The van der Waals surface area contributed by atoms with Crippen LogP contribution in [0.15, 0.2) is 12.1 Å². The fourth-order valence-corrected chi connectivity index (χ4v) is 4.86. The van der Waals surface area contributed by atoms with Crippen molar-refractivity contribution in [2.45, 2.75) is 36.7 Å². The van der Waals surface area contributed by atoms with E-state index < -0.39 is 21.6 Å². The molecule has 3 rings (SSSR count). The standard InChI is InChI=1S/C15H18F3NO4S/c1-23-11-6-9-4-5-19(24(21,22)15(16,17)18)13-3-2-10(8-20)12(7-11)14(9)13/h6-7,10,13,20H,2-5,8H2,1H3. The van der Waals surface area contributed by atoms with Crippen molar-refractivity contribution in [3.63, 3.8) is 0 Å². The molecule has 0 bridgehead atoms. The van der Waals surface area contributed by atoms with Crippen LogP contribution in [0.1, 0.15) is 41.5 Å². The van der Waals surface area contributed by atoms with Gasteiger partial charge in [0.15, 0.2) is 0 Å². The number of aliphatic hydroxyl groups excluding tert-OH is 1. The fraction of sp³-hybridized carbons (Fsp3) is 0.600. The third kappa shape index (κ3) is 2.58. The topological polar surface area (TPSA) is 66.8 Å². The van der Waals surface area contributed by atoms with Gasteiger partial charge in [0.2, 0.25) is 0 Å². The summed E-state index contributed by atoms with van der Waals surface area (Å²) in [5.74, 6) is 0.341. The van der Waals surface area contributed by atoms with E-state index in [0.717, 1.165) is 5.56 Å². The first-order valence-electron chi connectivity index (χ1n) is 7.60. The second kappa shape index (κ2) is 5.89. The molecule has 1 aromatic carbocycles. The predicted molar refractivity (Wildman–Crippen MR) is 80.2 cm³/mol. The van der Waals surface area contributed by atoms with Crippen molar-refractivity contribution in [1.82, 2.24) is 4.31 Å². The summed E-state index contributed by atoms with van der Waals surface area (Å²) in [6, 6.07) is 2.59. The highest BCUT2D eigenvalue weighted by Crippen LogP contribution is 2.48. The van der Waals surface area contributed by atoms with Gasteiger partial charge in [-0.15, -0.1) is 0 Å². The number of halogens is 3. The molecule has 0 aromatic heterocycles. The molecule has 1 aromatic rings. The second-order valence-corrected chi connectivity index (χ2v) is 7.96. The Balaban J connectivity index is 2.13. The minimum absolute atomic E-state index is 0.141. The summed E-state index contributed by atoms with van der Waals surface area (Å²) in [5.41, 5.74) is -3.24. The zero-order valence-corrected chi connectivity index (χ0v) is 13.8. The van der Waals surface area contributed by atoms with Crippen LogP contribution in [-0.4, -0.2) is 43.6 Å². The van der Waals surface area contributed by atoms with Crippen molar-refractivity contribution < 1.29 is 31.4 Å². The Morgan fingerprint density at radius 3 is 2.62 bits per heavy atom. The quantitative estimate of drug-likeness (QED) is 0.893. The van der Waals surface area contributed by atoms with Gasteiger partial charge < -0.3 is 9.84 Å². The summed E-state index contributed by atoms with van der Waals surface area (Å²) < 4.78 is 68.6. The van der Waals surface area contributed by atoms with Crippen molar-refractivity contribution in [1.29, 1.82) is 0 Å². The summed E-state index contributed by atoms with van der Waals surface area (Å²) in [6.07, 6.45) is 0.862. The number of hydrogen-bond donors (Lipinski definition) is 1. The Morgan fingerprint density at radius 2 is 2.04 bits per heavy atom. The van der Waals surface area contributed by atoms with E-state index in [9.17, 15) is 26.7 Å². The van der Waals surface area contributed by atoms with E-state index in [1.165, 1.54) is 7.11 Å². The van der Waals surface area contributed by atoms with E-state index in [1.54, 1.807) is 12.1 Å². The van der Waals surface area contributed by atoms with Crippen LogP contribution in [0, 0.1) is 0 Å². The Labute approximate surface area is 138 Å². The van der Waals surface area contributed by atoms with Crippen LogP contribution in [-0.2, 0) is 16.4 Å². The van der Waals surface area contributed by atoms with Crippen LogP contribution in [0.2, 0.25) is 0 Å². The molecule has 24 heavy (non-hydrogen) atoms. The van der Waals surface area contributed by atoms with Gasteiger partial charge in [-0.25, -0.2) is 8.42 Å². The van der Waals surface area contributed by atoms with Gasteiger partial charge in [-0.3, -0.25) is 0 Å². The largest absolute Gasteiger partial charge is 0.511 e. The van der Waals surface area contributed by atoms with Gasteiger partial charge in [-0.05, 0) is 48.1 Å². The molecule has 2 unspecified atom stereocenters. The zero-order valence-electron chi connectivity index (χ0n) is 13.0. The second-order valence-electron chi connectivity index (χ2n) is 6.07. The Kier molecular flexibility index (Phi) is 4.29. The molecule has 0 saturated carbocycles. The molecule has 2 atom stereocenters. The summed E-state index contributed by atoms with van der Waals surface area (Å²) in [4.78, 5) is 0. The first-order chi connectivity index (χ1) is 11.2. The van der Waals surface area contributed by atoms with Crippen molar-refractivity contribution >= 4 is 10.0 Å². The molecule has 1 aliphatic carbocycles. The van der Waals surface area contributed by atoms with Crippen molar-refractivity contribution in [3.05, 3.63) is 28.8 Å². The molecule has 0 radical (unpaired) electrons. The molecule has 0 amide bonds. The highest BCUT2D eigenvalue weighted by molar-refractivity contribution is 7.90. The van der Waals surface area contributed by atoms with Gasteiger partial charge in [0.1, 0.15) is 5.75 Å². The molecule has 0 spiro atoms. The summed E-state index contributed by atoms with van der Waals surface area (Å²) in [6.45, 7) is -0.353. The van der Waals surface area contributed by atoms with E-state index in [0.29, 0.717) is 27.6 Å². The lowest BCUT2D eigenvalue weighted by atomic mass is 9.76. The SMILES string of the molecule is COc1cc2c3c(c1)C(CO)CCC3N(S(=O)(=O)C(F)(F)F)CC2. The van der Waals surface area contributed by atoms with Crippen LogP contribution in [0.4, 0.5) is 13.2 Å². The fourth-order valence-electron chi connectivity index (χ4n) is 3.72. The predicted octanol–water partition coefficient (Wildman–Crippen LogP) is 2.31. The van der Waals surface area contributed by atoms with Gasteiger partial charge >= 0.3 is 15.5 Å². The van der Waals surface area contributed by atoms with Crippen molar-refractivity contribution in [2.75, 3.05) is 20.3 Å². The van der Waals surface area contributed by atoms with Gasteiger partial charge in [0.25, 0.3) is 0 Å². The first-order valence-corrected chi connectivity index (χ1v) is 9.04. The maximum Gasteiger partial charge on any atom is 0.511 e. The lowest BCUT2D eigenvalue weighted by Gasteiger charge is -2.42. The normalized spacial score (nSPS) is 24.5. The van der Waals surface area contributed by atoms with Gasteiger partial charge in [0, 0.05) is 19.1 Å². The zero-order chi connectivity index (χ0) is 17.7. The summed E-state index contributed by atoms with van der Waals surface area (Å²) >= 11 is 0. The Morgan fingerprint density at radius 1 is 1.33 bits per heavy atom. The molecule has 0 fully saturated rings. The number of aliphatic hydroxyl groups is 1. The van der Waals surface area contributed by atoms with Crippen molar-refractivity contribution in [3.8, 4) is 5.75 Å². The number of hydrogen-bond acceptors (Lipinski definition) is 4. The van der Waals surface area contributed by atoms with Crippen LogP contribution in [0.25, 0.3) is 0 Å². The molecule has 1 aliphatic heterocycles.